The van der Waals surface area contributed by atoms with Crippen molar-refractivity contribution in [3.63, 3.8) is 0 Å². The minimum atomic E-state index is -0.955. The standard InChI is InChI=1S/C10H14N4O2/c1-13-4-6-14(7-5-13)9-8(10(15)16)2-3-11-12-9/h2-3H,4-7H2,1H3,(H,15,16). The van der Waals surface area contributed by atoms with E-state index in [1.165, 1.54) is 12.3 Å². The monoisotopic (exact) mass is 222 g/mol. The van der Waals surface area contributed by atoms with Crippen LogP contribution in [0, 0.1) is 0 Å². The zero-order chi connectivity index (χ0) is 11.5. The number of aromatic nitrogens is 2. The van der Waals surface area contributed by atoms with Crippen LogP contribution in [0.15, 0.2) is 12.3 Å². The lowest BCUT2D eigenvalue weighted by Crippen LogP contribution is -2.45. The van der Waals surface area contributed by atoms with Gasteiger partial charge in [-0.25, -0.2) is 4.79 Å². The molecule has 0 bridgehead atoms. The molecule has 0 radical (unpaired) electrons. The summed E-state index contributed by atoms with van der Waals surface area (Å²) in [6, 6.07) is 1.49. The van der Waals surface area contributed by atoms with E-state index in [0.717, 1.165) is 26.2 Å². The summed E-state index contributed by atoms with van der Waals surface area (Å²) in [6.45, 7) is 3.40. The molecule has 0 aliphatic carbocycles. The number of aromatic carboxylic acids is 1. The van der Waals surface area contributed by atoms with Crippen molar-refractivity contribution in [2.75, 3.05) is 38.1 Å². The number of hydrogen-bond donors (Lipinski definition) is 1. The van der Waals surface area contributed by atoms with Crippen molar-refractivity contribution in [3.8, 4) is 0 Å². The van der Waals surface area contributed by atoms with Gasteiger partial charge in [-0.15, -0.1) is 5.10 Å². The SMILES string of the molecule is CN1CCN(c2nnccc2C(=O)O)CC1. The van der Waals surface area contributed by atoms with E-state index in [9.17, 15) is 4.79 Å². The molecule has 1 aliphatic rings. The molecule has 0 saturated carbocycles. The number of nitrogens with zero attached hydrogens (tertiary/aromatic N) is 4. The van der Waals surface area contributed by atoms with Crippen molar-refractivity contribution in [1.29, 1.82) is 0 Å². The Morgan fingerprint density at radius 2 is 2.06 bits per heavy atom. The number of carboxylic acids is 1. The number of carboxylic acid groups (broad SMARTS) is 1. The molecule has 1 fully saturated rings. The van der Waals surface area contributed by atoms with E-state index < -0.39 is 5.97 Å². The van der Waals surface area contributed by atoms with Gasteiger partial charge in [-0.1, -0.05) is 0 Å². The Labute approximate surface area is 93.5 Å². The molecule has 16 heavy (non-hydrogen) atoms. The van der Waals surface area contributed by atoms with Gasteiger partial charge in [0, 0.05) is 26.2 Å². The summed E-state index contributed by atoms with van der Waals surface area (Å²) in [5.41, 5.74) is 0.222. The minimum absolute atomic E-state index is 0.222. The highest BCUT2D eigenvalue weighted by atomic mass is 16.4. The predicted octanol–water partition coefficient (Wildman–Crippen LogP) is -0.0734. The van der Waals surface area contributed by atoms with Crippen LogP contribution in [-0.2, 0) is 0 Å². The fourth-order valence-electron chi connectivity index (χ4n) is 1.74. The molecule has 1 aromatic rings. The van der Waals surface area contributed by atoms with Gasteiger partial charge < -0.3 is 14.9 Å². The third-order valence-corrected chi connectivity index (χ3v) is 2.73. The molecule has 1 N–H and O–H groups in total. The van der Waals surface area contributed by atoms with Crippen LogP contribution < -0.4 is 4.90 Å². The quantitative estimate of drug-likeness (QED) is 0.755. The Morgan fingerprint density at radius 1 is 1.38 bits per heavy atom. The summed E-state index contributed by atoms with van der Waals surface area (Å²) in [6.07, 6.45) is 1.41. The van der Waals surface area contributed by atoms with E-state index in [-0.39, 0.29) is 5.56 Å². The van der Waals surface area contributed by atoms with Crippen molar-refractivity contribution in [2.24, 2.45) is 0 Å². The maximum Gasteiger partial charge on any atom is 0.339 e. The fourth-order valence-corrected chi connectivity index (χ4v) is 1.74. The van der Waals surface area contributed by atoms with Crippen LogP contribution in [0.2, 0.25) is 0 Å². The van der Waals surface area contributed by atoms with Crippen LogP contribution in [-0.4, -0.2) is 59.4 Å². The lowest BCUT2D eigenvalue weighted by Gasteiger charge is -2.33. The largest absolute Gasteiger partial charge is 0.478 e. The average Bonchev–Trinajstić information content (AvgIpc) is 2.30. The number of rotatable bonds is 2. The third kappa shape index (κ3) is 2.11. The number of likely N-dealkylation sites (N-methyl/N-ethyl adjacent to an activating group) is 1. The highest BCUT2D eigenvalue weighted by molar-refractivity contribution is 5.93. The molecule has 6 nitrogen and oxygen atoms in total. The lowest BCUT2D eigenvalue weighted by molar-refractivity contribution is 0.0696. The Balaban J connectivity index is 2.23. The van der Waals surface area contributed by atoms with Gasteiger partial charge >= 0.3 is 5.97 Å². The van der Waals surface area contributed by atoms with E-state index in [4.69, 9.17) is 5.11 Å². The first-order valence-corrected chi connectivity index (χ1v) is 5.17. The van der Waals surface area contributed by atoms with Crippen LogP contribution in [0.4, 0.5) is 5.82 Å². The first kappa shape index (κ1) is 10.8. The summed E-state index contributed by atoms with van der Waals surface area (Å²) in [4.78, 5) is 15.2. The van der Waals surface area contributed by atoms with Crippen molar-refractivity contribution >= 4 is 11.8 Å². The summed E-state index contributed by atoms with van der Waals surface area (Å²) >= 11 is 0. The maximum atomic E-state index is 11.0. The smallest absolute Gasteiger partial charge is 0.339 e. The summed E-state index contributed by atoms with van der Waals surface area (Å²) in [5.74, 6) is -0.480. The Kier molecular flexibility index (Phi) is 3.00. The first-order valence-electron chi connectivity index (χ1n) is 5.17. The number of anilines is 1. The molecular formula is C10H14N4O2. The van der Waals surface area contributed by atoms with Gasteiger partial charge in [0.05, 0.1) is 6.20 Å². The molecule has 1 aromatic heterocycles. The van der Waals surface area contributed by atoms with Crippen LogP contribution in [0.5, 0.6) is 0 Å². The minimum Gasteiger partial charge on any atom is -0.478 e. The van der Waals surface area contributed by atoms with Crippen molar-refractivity contribution in [3.05, 3.63) is 17.8 Å². The zero-order valence-electron chi connectivity index (χ0n) is 9.13. The van der Waals surface area contributed by atoms with Crippen LogP contribution in [0.1, 0.15) is 10.4 Å². The molecule has 0 unspecified atom stereocenters. The number of piperazine rings is 1. The summed E-state index contributed by atoms with van der Waals surface area (Å²) < 4.78 is 0. The zero-order valence-corrected chi connectivity index (χ0v) is 9.13. The van der Waals surface area contributed by atoms with Crippen molar-refractivity contribution in [2.45, 2.75) is 0 Å². The second-order valence-electron chi connectivity index (χ2n) is 3.86. The van der Waals surface area contributed by atoms with Gasteiger partial charge in [0.15, 0.2) is 5.82 Å². The van der Waals surface area contributed by atoms with Gasteiger partial charge in [-0.05, 0) is 13.1 Å². The topological polar surface area (TPSA) is 69.6 Å². The molecule has 0 amide bonds. The molecule has 0 atom stereocenters. The van der Waals surface area contributed by atoms with Crippen molar-refractivity contribution < 1.29 is 9.90 Å². The van der Waals surface area contributed by atoms with Gasteiger partial charge in [-0.3, -0.25) is 0 Å². The predicted molar refractivity (Wildman–Crippen MR) is 58.7 cm³/mol. The second-order valence-corrected chi connectivity index (χ2v) is 3.86. The fraction of sp³-hybridized carbons (Fsp3) is 0.500. The van der Waals surface area contributed by atoms with Crippen LogP contribution in [0.3, 0.4) is 0 Å². The highest BCUT2D eigenvalue weighted by Crippen LogP contribution is 2.17. The van der Waals surface area contributed by atoms with E-state index in [0.29, 0.717) is 5.82 Å². The van der Waals surface area contributed by atoms with Crippen molar-refractivity contribution in [1.82, 2.24) is 15.1 Å². The molecule has 2 rings (SSSR count). The molecule has 1 saturated heterocycles. The number of hydrogen-bond acceptors (Lipinski definition) is 5. The van der Waals surface area contributed by atoms with Crippen LogP contribution >= 0.6 is 0 Å². The third-order valence-electron chi connectivity index (χ3n) is 2.73. The maximum absolute atomic E-state index is 11.0. The van der Waals surface area contributed by atoms with Crippen LogP contribution in [0.25, 0.3) is 0 Å². The van der Waals surface area contributed by atoms with Gasteiger partial charge in [-0.2, -0.15) is 5.10 Å². The Morgan fingerprint density at radius 3 is 2.69 bits per heavy atom. The second kappa shape index (κ2) is 4.44. The van der Waals surface area contributed by atoms with Gasteiger partial charge in [0.1, 0.15) is 5.56 Å². The molecule has 0 spiro atoms. The highest BCUT2D eigenvalue weighted by Gasteiger charge is 2.21. The molecular weight excluding hydrogens is 208 g/mol. The average molecular weight is 222 g/mol. The normalized spacial score (nSPS) is 17.4. The van der Waals surface area contributed by atoms with Gasteiger partial charge in [0.2, 0.25) is 0 Å². The number of carbonyl (C=O) groups is 1. The molecule has 0 aromatic carbocycles. The van der Waals surface area contributed by atoms with E-state index >= 15 is 0 Å². The summed E-state index contributed by atoms with van der Waals surface area (Å²) in [5, 5.41) is 16.7. The first-order chi connectivity index (χ1) is 7.68. The molecule has 86 valence electrons. The van der Waals surface area contributed by atoms with E-state index in [2.05, 4.69) is 15.1 Å². The summed E-state index contributed by atoms with van der Waals surface area (Å²) in [7, 11) is 2.05. The van der Waals surface area contributed by atoms with E-state index in [1.807, 2.05) is 11.9 Å². The molecule has 6 heteroatoms. The molecule has 1 aliphatic heterocycles. The molecule has 2 heterocycles. The Hall–Kier alpha value is -1.69. The van der Waals surface area contributed by atoms with E-state index in [1.54, 1.807) is 0 Å². The lowest BCUT2D eigenvalue weighted by atomic mass is 10.2. The Bertz CT molecular complexity index is 388. The van der Waals surface area contributed by atoms with Gasteiger partial charge in [0.25, 0.3) is 0 Å².